The zero-order valence-electron chi connectivity index (χ0n) is 13.6. The Balaban J connectivity index is 1.72. The quantitative estimate of drug-likeness (QED) is 0.588. The zero-order valence-corrected chi connectivity index (χ0v) is 13.6. The number of methoxy groups -OCH3 is 4. The smallest absolute Gasteiger partial charge is 0.180 e. The average Bonchev–Trinajstić information content (AvgIpc) is 3.00. The molecule has 0 N–H and O–H groups in total. The van der Waals surface area contributed by atoms with Crippen LogP contribution in [0.25, 0.3) is 0 Å². The van der Waals surface area contributed by atoms with E-state index < -0.39 is 11.6 Å². The van der Waals surface area contributed by atoms with Crippen molar-refractivity contribution in [2.24, 2.45) is 47.3 Å². The lowest BCUT2D eigenvalue weighted by Gasteiger charge is -2.52. The lowest BCUT2D eigenvalue weighted by Crippen LogP contribution is -2.50. The largest absolute Gasteiger partial charge is 0.352 e. The highest BCUT2D eigenvalue weighted by Gasteiger charge is 2.80. The van der Waals surface area contributed by atoms with E-state index in [-0.39, 0.29) is 0 Å². The van der Waals surface area contributed by atoms with Crippen LogP contribution in [-0.2, 0) is 18.9 Å². The average molecular weight is 304 g/mol. The van der Waals surface area contributed by atoms with Crippen LogP contribution in [0.1, 0.15) is 0 Å². The van der Waals surface area contributed by atoms with Gasteiger partial charge in [-0.15, -0.1) is 0 Å². The van der Waals surface area contributed by atoms with E-state index in [1.807, 2.05) is 0 Å². The maximum absolute atomic E-state index is 5.97. The molecule has 5 rings (SSSR count). The topological polar surface area (TPSA) is 36.9 Å². The lowest BCUT2D eigenvalue weighted by atomic mass is 9.50. The van der Waals surface area contributed by atoms with Crippen LogP contribution < -0.4 is 0 Å². The molecule has 5 aliphatic carbocycles. The van der Waals surface area contributed by atoms with Gasteiger partial charge in [-0.2, -0.15) is 0 Å². The van der Waals surface area contributed by atoms with Gasteiger partial charge in [-0.05, 0) is 23.7 Å². The van der Waals surface area contributed by atoms with Gasteiger partial charge < -0.3 is 18.9 Å². The second-order valence-corrected chi connectivity index (χ2v) is 7.44. The molecule has 5 aliphatic rings. The summed E-state index contributed by atoms with van der Waals surface area (Å²) in [6.07, 6.45) is 9.26. The molecule has 3 saturated carbocycles. The Morgan fingerprint density at radius 3 is 0.909 bits per heavy atom. The molecule has 3 fully saturated rings. The summed E-state index contributed by atoms with van der Waals surface area (Å²) < 4.78 is 23.9. The third kappa shape index (κ3) is 1.08. The van der Waals surface area contributed by atoms with E-state index in [0.717, 1.165) is 0 Å². The van der Waals surface area contributed by atoms with E-state index in [1.54, 1.807) is 28.4 Å². The molecule has 0 heterocycles. The first-order valence-electron chi connectivity index (χ1n) is 8.27. The SMILES string of the molecule is COC1(OC)C2C=CC3C4C2C2C4C(C=CC21)C3(OC)OC. The Kier molecular flexibility index (Phi) is 2.52. The van der Waals surface area contributed by atoms with Gasteiger partial charge in [0, 0.05) is 52.1 Å². The van der Waals surface area contributed by atoms with E-state index in [9.17, 15) is 0 Å². The first kappa shape index (κ1) is 13.7. The molecule has 0 bridgehead atoms. The van der Waals surface area contributed by atoms with Crippen molar-refractivity contribution < 1.29 is 18.9 Å². The molecule has 0 aliphatic heterocycles. The maximum Gasteiger partial charge on any atom is 0.180 e. The zero-order chi connectivity index (χ0) is 15.3. The Morgan fingerprint density at radius 2 is 0.727 bits per heavy atom. The van der Waals surface area contributed by atoms with Gasteiger partial charge >= 0.3 is 0 Å². The summed E-state index contributed by atoms with van der Waals surface area (Å²) in [7, 11) is 7.16. The predicted octanol–water partition coefficient (Wildman–Crippen LogP) is 2.07. The Bertz CT molecular complexity index is 461. The van der Waals surface area contributed by atoms with Crippen molar-refractivity contribution in [2.75, 3.05) is 28.4 Å². The van der Waals surface area contributed by atoms with Crippen molar-refractivity contribution in [3.05, 3.63) is 24.3 Å². The highest BCUT2D eigenvalue weighted by Crippen LogP contribution is 2.77. The summed E-state index contributed by atoms with van der Waals surface area (Å²) in [4.78, 5) is 0. The van der Waals surface area contributed by atoms with Crippen LogP contribution in [0.5, 0.6) is 0 Å². The lowest BCUT2D eigenvalue weighted by molar-refractivity contribution is -0.255. The highest BCUT2D eigenvalue weighted by molar-refractivity contribution is 5.37. The fraction of sp³-hybridized carbons (Fsp3) is 0.778. The standard InChI is InChI=1S/C18H24O4/c1-19-17(20-2)9-5-7-11-15-13(9)14-10(17)6-8-12(16(14)15)18(11,21-3)22-4/h5-16H,1-4H3. The minimum Gasteiger partial charge on any atom is -0.352 e. The molecular weight excluding hydrogens is 280 g/mol. The monoisotopic (exact) mass is 304 g/mol. The van der Waals surface area contributed by atoms with Crippen molar-refractivity contribution >= 4 is 0 Å². The van der Waals surface area contributed by atoms with Gasteiger partial charge in [0.2, 0.25) is 0 Å². The van der Waals surface area contributed by atoms with E-state index >= 15 is 0 Å². The molecule has 0 saturated heterocycles. The van der Waals surface area contributed by atoms with Gasteiger partial charge in [0.15, 0.2) is 11.6 Å². The first-order valence-corrected chi connectivity index (χ1v) is 8.27. The van der Waals surface area contributed by atoms with Crippen LogP contribution in [0, 0.1) is 47.3 Å². The molecule has 0 spiro atoms. The van der Waals surface area contributed by atoms with Gasteiger partial charge in [0.25, 0.3) is 0 Å². The summed E-state index contributed by atoms with van der Waals surface area (Å²) in [5.41, 5.74) is 0. The fourth-order valence-electron chi connectivity index (χ4n) is 7.10. The van der Waals surface area contributed by atoms with Crippen molar-refractivity contribution in [2.45, 2.75) is 11.6 Å². The first-order chi connectivity index (χ1) is 10.7. The van der Waals surface area contributed by atoms with Crippen molar-refractivity contribution in [3.8, 4) is 0 Å². The van der Waals surface area contributed by atoms with Crippen LogP contribution in [0.3, 0.4) is 0 Å². The normalized spacial score (nSPS) is 53.6. The third-order valence-electron chi connectivity index (χ3n) is 7.62. The van der Waals surface area contributed by atoms with Crippen molar-refractivity contribution in [3.63, 3.8) is 0 Å². The second kappa shape index (κ2) is 4.04. The number of ether oxygens (including phenoxy) is 4. The number of hydrogen-bond acceptors (Lipinski definition) is 4. The summed E-state index contributed by atoms with van der Waals surface area (Å²) in [5.74, 6) is 2.87. The van der Waals surface area contributed by atoms with Crippen LogP contribution in [0.15, 0.2) is 24.3 Å². The molecule has 0 unspecified atom stereocenters. The van der Waals surface area contributed by atoms with E-state index in [0.29, 0.717) is 47.3 Å². The van der Waals surface area contributed by atoms with Crippen LogP contribution in [0.4, 0.5) is 0 Å². The molecule has 0 atom stereocenters. The van der Waals surface area contributed by atoms with Crippen LogP contribution >= 0.6 is 0 Å². The Hall–Kier alpha value is -0.680. The van der Waals surface area contributed by atoms with Gasteiger partial charge in [0.05, 0.1) is 0 Å². The maximum atomic E-state index is 5.97. The fourth-order valence-corrected chi connectivity index (χ4v) is 7.10. The molecule has 120 valence electrons. The predicted molar refractivity (Wildman–Crippen MR) is 79.7 cm³/mol. The molecule has 0 radical (unpaired) electrons. The number of rotatable bonds is 4. The minimum absolute atomic E-state index is 0.336. The molecule has 0 aromatic heterocycles. The molecular formula is C18H24O4. The van der Waals surface area contributed by atoms with Crippen LogP contribution in [-0.4, -0.2) is 40.0 Å². The minimum atomic E-state index is -0.495. The Morgan fingerprint density at radius 1 is 0.500 bits per heavy atom. The summed E-state index contributed by atoms with van der Waals surface area (Å²) in [5, 5.41) is 0. The van der Waals surface area contributed by atoms with E-state index in [1.165, 1.54) is 0 Å². The Labute approximate surface area is 131 Å². The molecule has 0 amide bonds. The number of hydrogen-bond donors (Lipinski definition) is 0. The summed E-state index contributed by atoms with van der Waals surface area (Å²) >= 11 is 0. The molecule has 0 aromatic carbocycles. The van der Waals surface area contributed by atoms with Gasteiger partial charge in [0.1, 0.15) is 0 Å². The molecule has 4 nitrogen and oxygen atoms in total. The van der Waals surface area contributed by atoms with Crippen LogP contribution in [0.2, 0.25) is 0 Å². The molecule has 4 heteroatoms. The van der Waals surface area contributed by atoms with Gasteiger partial charge in [-0.3, -0.25) is 0 Å². The summed E-state index contributed by atoms with van der Waals surface area (Å²) in [6.45, 7) is 0. The van der Waals surface area contributed by atoms with Gasteiger partial charge in [-0.25, -0.2) is 0 Å². The molecule has 22 heavy (non-hydrogen) atoms. The molecule has 0 aromatic rings. The highest BCUT2D eigenvalue weighted by atomic mass is 16.7. The second-order valence-electron chi connectivity index (χ2n) is 7.44. The third-order valence-corrected chi connectivity index (χ3v) is 7.62. The van der Waals surface area contributed by atoms with Gasteiger partial charge in [-0.1, -0.05) is 24.3 Å². The van der Waals surface area contributed by atoms with Crippen molar-refractivity contribution in [1.29, 1.82) is 0 Å². The van der Waals surface area contributed by atoms with E-state index in [4.69, 9.17) is 18.9 Å². The summed E-state index contributed by atoms with van der Waals surface area (Å²) in [6, 6.07) is 0. The van der Waals surface area contributed by atoms with E-state index in [2.05, 4.69) is 24.3 Å². The van der Waals surface area contributed by atoms with Crippen molar-refractivity contribution in [1.82, 2.24) is 0 Å².